The van der Waals surface area contributed by atoms with E-state index in [1.807, 2.05) is 17.0 Å². The van der Waals surface area contributed by atoms with E-state index < -0.39 is 5.91 Å². The first-order valence-corrected chi connectivity index (χ1v) is 10.8. The SMILES string of the molecule is COc1c(OCCCNC(C)C)ccc2c1N=C(NC(=O)c1cnc(N)nc1)N1CCN=C21. The van der Waals surface area contributed by atoms with Crippen LogP contribution in [0.1, 0.15) is 36.2 Å². The zero-order valence-corrected chi connectivity index (χ0v) is 19.0. The lowest BCUT2D eigenvalue weighted by Crippen LogP contribution is -2.47. The molecule has 4 rings (SSSR count). The van der Waals surface area contributed by atoms with Crippen molar-refractivity contribution < 1.29 is 14.3 Å². The molecule has 0 aliphatic carbocycles. The number of guanidine groups is 1. The first-order valence-electron chi connectivity index (χ1n) is 10.8. The molecule has 0 atom stereocenters. The van der Waals surface area contributed by atoms with Crippen LogP contribution in [-0.2, 0) is 0 Å². The lowest BCUT2D eigenvalue weighted by molar-refractivity contribution is 0.0973. The van der Waals surface area contributed by atoms with Gasteiger partial charge in [-0.05, 0) is 25.1 Å². The number of aromatic nitrogens is 2. The van der Waals surface area contributed by atoms with Gasteiger partial charge in [0.05, 0.1) is 25.8 Å². The molecule has 4 N–H and O–H groups in total. The number of nitrogens with one attached hydrogen (secondary N) is 2. The standard InChI is InChI=1S/C22H28N8O3/c1-13(2)24-7-4-10-33-16-6-5-15-17(18(16)32-3)28-22(30-9-8-25-19(15)30)29-20(31)14-11-26-21(23)27-12-14/h5-6,11-13,24H,4,7-10H2,1-3H3,(H2,23,26,27)(H,28,29,31). The highest BCUT2D eigenvalue weighted by molar-refractivity contribution is 6.20. The van der Waals surface area contributed by atoms with Gasteiger partial charge in [0, 0.05) is 30.5 Å². The molecule has 0 spiro atoms. The van der Waals surface area contributed by atoms with Crippen LogP contribution in [0.3, 0.4) is 0 Å². The molecule has 0 saturated heterocycles. The van der Waals surface area contributed by atoms with Crippen molar-refractivity contribution in [3.63, 3.8) is 0 Å². The Morgan fingerprint density at radius 2 is 2.06 bits per heavy atom. The maximum atomic E-state index is 12.8. The van der Waals surface area contributed by atoms with Crippen LogP contribution in [0.15, 0.2) is 34.5 Å². The molecule has 1 aromatic carbocycles. The lowest BCUT2D eigenvalue weighted by atomic mass is 10.1. The molecule has 11 nitrogen and oxygen atoms in total. The van der Waals surface area contributed by atoms with E-state index in [4.69, 9.17) is 20.2 Å². The number of amidine groups is 1. The molecule has 0 fully saturated rings. The van der Waals surface area contributed by atoms with Crippen molar-refractivity contribution in [3.8, 4) is 11.5 Å². The number of hydrogen-bond acceptors (Lipinski definition) is 10. The summed E-state index contributed by atoms with van der Waals surface area (Å²) in [7, 11) is 1.57. The molecule has 3 heterocycles. The summed E-state index contributed by atoms with van der Waals surface area (Å²) in [5, 5.41) is 6.20. The number of ether oxygens (including phenoxy) is 2. The summed E-state index contributed by atoms with van der Waals surface area (Å²) in [5.74, 6) is 1.89. The monoisotopic (exact) mass is 452 g/mol. The number of nitrogens with two attached hydrogens (primary N) is 1. The smallest absolute Gasteiger partial charge is 0.261 e. The van der Waals surface area contributed by atoms with Crippen molar-refractivity contribution in [3.05, 3.63) is 35.7 Å². The normalized spacial score (nSPS) is 14.4. The number of nitrogens with zero attached hydrogens (tertiary/aromatic N) is 5. The number of amides is 1. The summed E-state index contributed by atoms with van der Waals surface area (Å²) in [5.41, 5.74) is 7.18. The number of benzene rings is 1. The number of anilines is 1. The Bertz CT molecular complexity index is 1080. The first-order chi connectivity index (χ1) is 16.0. The molecule has 33 heavy (non-hydrogen) atoms. The van der Waals surface area contributed by atoms with Crippen molar-refractivity contribution in [2.75, 3.05) is 39.1 Å². The zero-order valence-electron chi connectivity index (χ0n) is 19.0. The fourth-order valence-electron chi connectivity index (χ4n) is 3.57. The van der Waals surface area contributed by atoms with E-state index in [1.165, 1.54) is 12.4 Å². The van der Waals surface area contributed by atoms with Crippen molar-refractivity contribution in [2.45, 2.75) is 26.3 Å². The number of fused-ring (bicyclic) bond motifs is 3. The van der Waals surface area contributed by atoms with Gasteiger partial charge in [-0.15, -0.1) is 0 Å². The van der Waals surface area contributed by atoms with Crippen LogP contribution >= 0.6 is 0 Å². The van der Waals surface area contributed by atoms with Crippen LogP contribution in [-0.4, -0.2) is 72.0 Å². The molecule has 1 aromatic heterocycles. The zero-order chi connectivity index (χ0) is 23.4. The number of carbonyl (C=O) groups excluding carboxylic acids is 1. The summed E-state index contributed by atoms with van der Waals surface area (Å²) < 4.78 is 11.7. The van der Waals surface area contributed by atoms with Gasteiger partial charge in [-0.3, -0.25) is 20.0 Å². The molecule has 2 aliphatic rings. The molecule has 174 valence electrons. The van der Waals surface area contributed by atoms with Gasteiger partial charge >= 0.3 is 0 Å². The highest BCUT2D eigenvalue weighted by Gasteiger charge is 2.33. The number of methoxy groups -OCH3 is 1. The predicted molar refractivity (Wildman–Crippen MR) is 125 cm³/mol. The maximum absolute atomic E-state index is 12.8. The summed E-state index contributed by atoms with van der Waals surface area (Å²) in [6.45, 7) is 6.81. The molecular weight excluding hydrogens is 424 g/mol. The van der Waals surface area contributed by atoms with Crippen molar-refractivity contribution >= 4 is 29.3 Å². The largest absolute Gasteiger partial charge is 0.491 e. The molecule has 11 heteroatoms. The number of carbonyl (C=O) groups is 1. The number of hydrogen-bond donors (Lipinski definition) is 3. The third-order valence-corrected chi connectivity index (χ3v) is 5.15. The summed E-state index contributed by atoms with van der Waals surface area (Å²) in [6.07, 6.45) is 3.59. The van der Waals surface area contributed by atoms with E-state index >= 15 is 0 Å². The Labute approximate surface area is 192 Å². The third kappa shape index (κ3) is 4.87. The summed E-state index contributed by atoms with van der Waals surface area (Å²) >= 11 is 0. The van der Waals surface area contributed by atoms with Crippen LogP contribution < -0.4 is 25.8 Å². The maximum Gasteiger partial charge on any atom is 0.261 e. The Morgan fingerprint density at radius 3 is 2.79 bits per heavy atom. The van der Waals surface area contributed by atoms with Crippen LogP contribution in [0, 0.1) is 0 Å². The number of nitrogen functional groups attached to an aromatic ring is 1. The topological polar surface area (TPSA) is 139 Å². The second-order valence-corrected chi connectivity index (χ2v) is 7.88. The van der Waals surface area contributed by atoms with Crippen LogP contribution in [0.25, 0.3) is 0 Å². The van der Waals surface area contributed by atoms with Gasteiger partial charge in [-0.1, -0.05) is 13.8 Å². The minimum absolute atomic E-state index is 0.0988. The van der Waals surface area contributed by atoms with Gasteiger partial charge in [0.1, 0.15) is 11.5 Å². The highest BCUT2D eigenvalue weighted by atomic mass is 16.5. The molecule has 0 saturated carbocycles. The molecule has 0 unspecified atom stereocenters. The number of aliphatic imine (C=N–C) groups is 2. The second-order valence-electron chi connectivity index (χ2n) is 7.88. The van der Waals surface area contributed by atoms with E-state index in [-0.39, 0.29) is 11.5 Å². The predicted octanol–water partition coefficient (Wildman–Crippen LogP) is 1.33. The molecule has 0 radical (unpaired) electrons. The molecule has 1 amide bonds. The lowest BCUT2D eigenvalue weighted by Gasteiger charge is -2.28. The van der Waals surface area contributed by atoms with Gasteiger partial charge in [-0.25, -0.2) is 15.0 Å². The number of rotatable bonds is 8. The van der Waals surface area contributed by atoms with Gasteiger partial charge in [0.15, 0.2) is 11.5 Å². The Kier molecular flexibility index (Phi) is 6.68. The van der Waals surface area contributed by atoms with Crippen molar-refractivity contribution in [2.24, 2.45) is 9.98 Å². The van der Waals surface area contributed by atoms with Crippen molar-refractivity contribution in [1.29, 1.82) is 0 Å². The van der Waals surface area contributed by atoms with Crippen LogP contribution in [0.2, 0.25) is 0 Å². The van der Waals surface area contributed by atoms with E-state index in [0.717, 1.165) is 24.4 Å². The van der Waals surface area contributed by atoms with E-state index in [0.29, 0.717) is 48.9 Å². The molecule has 2 aromatic rings. The van der Waals surface area contributed by atoms with Gasteiger partial charge in [-0.2, -0.15) is 0 Å². The van der Waals surface area contributed by atoms with E-state index in [2.05, 4.69) is 39.4 Å². The average molecular weight is 453 g/mol. The second kappa shape index (κ2) is 9.82. The van der Waals surface area contributed by atoms with Crippen LogP contribution in [0.5, 0.6) is 11.5 Å². The van der Waals surface area contributed by atoms with Gasteiger partial charge in [0.25, 0.3) is 5.91 Å². The Morgan fingerprint density at radius 1 is 1.27 bits per heavy atom. The van der Waals surface area contributed by atoms with E-state index in [1.54, 1.807) is 7.11 Å². The highest BCUT2D eigenvalue weighted by Crippen LogP contribution is 2.43. The minimum atomic E-state index is -0.396. The molecule has 0 bridgehead atoms. The van der Waals surface area contributed by atoms with Gasteiger partial charge in [0.2, 0.25) is 11.9 Å². The summed E-state index contributed by atoms with van der Waals surface area (Å²) in [4.78, 5) is 31.7. The summed E-state index contributed by atoms with van der Waals surface area (Å²) in [6, 6.07) is 4.23. The molecule has 2 aliphatic heterocycles. The first kappa shape index (κ1) is 22.5. The Balaban J connectivity index is 1.59. The fraction of sp³-hybridized carbons (Fsp3) is 0.409. The minimum Gasteiger partial charge on any atom is -0.491 e. The third-order valence-electron chi connectivity index (χ3n) is 5.15. The molecular formula is C22H28N8O3. The van der Waals surface area contributed by atoms with Gasteiger partial charge < -0.3 is 20.5 Å². The van der Waals surface area contributed by atoms with E-state index in [9.17, 15) is 4.79 Å². The quantitative estimate of drug-likeness (QED) is 0.510. The fourth-order valence-corrected chi connectivity index (χ4v) is 3.57. The van der Waals surface area contributed by atoms with Crippen molar-refractivity contribution in [1.82, 2.24) is 25.5 Å². The Hall–Kier alpha value is -3.73. The average Bonchev–Trinajstić information content (AvgIpc) is 3.29. The van der Waals surface area contributed by atoms with Crippen LogP contribution in [0.4, 0.5) is 11.6 Å².